The maximum Gasteiger partial charge on any atom is 0.413 e. The summed E-state index contributed by atoms with van der Waals surface area (Å²) in [6, 6.07) is 3.68. The fourth-order valence-electron chi connectivity index (χ4n) is 1.61. The number of nitrogens with zero attached hydrogens (tertiary/aromatic N) is 1. The van der Waals surface area contributed by atoms with Crippen LogP contribution in [0.25, 0.3) is 0 Å². The first-order chi connectivity index (χ1) is 10.0. The van der Waals surface area contributed by atoms with Gasteiger partial charge in [-0.15, -0.1) is 11.6 Å². The smallest absolute Gasteiger partial charge is 0.386 e. The Morgan fingerprint density at radius 2 is 1.86 bits per heavy atom. The SMILES string of the molecule is C[C@@H](NC(=O)C(Cl)C(F)(F)F)C(O)c1ccc([N+](=O)[O-])cc1. The van der Waals surface area contributed by atoms with E-state index in [1.54, 1.807) is 0 Å². The summed E-state index contributed by atoms with van der Waals surface area (Å²) in [5.74, 6) is -1.48. The van der Waals surface area contributed by atoms with E-state index in [9.17, 15) is 33.2 Å². The van der Waals surface area contributed by atoms with Crippen LogP contribution in [0, 0.1) is 10.1 Å². The Morgan fingerprint density at radius 1 is 1.36 bits per heavy atom. The van der Waals surface area contributed by atoms with Crippen molar-refractivity contribution in [3.05, 3.63) is 39.9 Å². The minimum atomic E-state index is -4.90. The van der Waals surface area contributed by atoms with Crippen LogP contribution in [-0.2, 0) is 4.79 Å². The molecule has 1 aromatic carbocycles. The van der Waals surface area contributed by atoms with E-state index < -0.39 is 34.5 Å². The van der Waals surface area contributed by atoms with Gasteiger partial charge in [-0.25, -0.2) is 0 Å². The molecule has 3 atom stereocenters. The van der Waals surface area contributed by atoms with Gasteiger partial charge in [-0.1, -0.05) is 0 Å². The van der Waals surface area contributed by atoms with E-state index in [2.05, 4.69) is 0 Å². The summed E-state index contributed by atoms with van der Waals surface area (Å²) < 4.78 is 36.8. The molecule has 0 aliphatic rings. The Morgan fingerprint density at radius 3 is 2.27 bits per heavy atom. The number of carbonyl (C=O) groups is 1. The van der Waals surface area contributed by atoms with Crippen LogP contribution in [0.4, 0.5) is 18.9 Å². The lowest BCUT2D eigenvalue weighted by molar-refractivity contribution is -0.384. The number of carbonyl (C=O) groups excluding carboxylic acids is 1. The molecular formula is C12H12ClF3N2O4. The number of nitro groups is 1. The van der Waals surface area contributed by atoms with Crippen LogP contribution < -0.4 is 5.32 Å². The second-order valence-electron chi connectivity index (χ2n) is 4.49. The Labute approximate surface area is 128 Å². The Balaban J connectivity index is 2.74. The van der Waals surface area contributed by atoms with Crippen LogP contribution in [0.5, 0.6) is 0 Å². The number of hydrogen-bond acceptors (Lipinski definition) is 4. The Bertz CT molecular complexity index is 550. The summed E-state index contributed by atoms with van der Waals surface area (Å²) in [5.41, 5.74) is 0.00191. The van der Waals surface area contributed by atoms with E-state index in [1.807, 2.05) is 5.32 Å². The molecule has 0 bridgehead atoms. The van der Waals surface area contributed by atoms with Gasteiger partial charge in [0.25, 0.3) is 5.69 Å². The average Bonchev–Trinajstić information content (AvgIpc) is 2.44. The van der Waals surface area contributed by atoms with Gasteiger partial charge >= 0.3 is 6.18 Å². The lowest BCUT2D eigenvalue weighted by atomic mass is 10.0. The topological polar surface area (TPSA) is 92.5 Å². The molecule has 0 spiro atoms. The highest BCUT2D eigenvalue weighted by molar-refractivity contribution is 6.31. The number of aliphatic hydroxyl groups excluding tert-OH is 1. The van der Waals surface area contributed by atoms with Gasteiger partial charge in [0.1, 0.15) is 0 Å². The number of non-ortho nitro benzene ring substituents is 1. The molecule has 0 aromatic heterocycles. The zero-order valence-corrected chi connectivity index (χ0v) is 11.9. The van der Waals surface area contributed by atoms with Gasteiger partial charge in [0.2, 0.25) is 11.3 Å². The van der Waals surface area contributed by atoms with Crippen molar-refractivity contribution < 1.29 is 28.0 Å². The number of nitrogens with one attached hydrogen (secondary N) is 1. The number of benzene rings is 1. The first kappa shape index (κ1) is 18.2. The van der Waals surface area contributed by atoms with Crippen LogP contribution in [-0.4, -0.2) is 33.5 Å². The highest BCUT2D eigenvalue weighted by Crippen LogP contribution is 2.26. The number of nitro benzene ring substituents is 1. The average molecular weight is 341 g/mol. The third-order valence-electron chi connectivity index (χ3n) is 2.81. The number of rotatable bonds is 5. The first-order valence-electron chi connectivity index (χ1n) is 5.97. The van der Waals surface area contributed by atoms with E-state index in [0.717, 1.165) is 12.1 Å². The van der Waals surface area contributed by atoms with E-state index in [4.69, 9.17) is 11.6 Å². The number of aliphatic hydroxyl groups is 1. The summed E-state index contributed by atoms with van der Waals surface area (Å²) in [5, 5.41) is 19.7. The van der Waals surface area contributed by atoms with Crippen molar-refractivity contribution in [1.82, 2.24) is 5.32 Å². The van der Waals surface area contributed by atoms with Gasteiger partial charge in [-0.2, -0.15) is 13.2 Å². The van der Waals surface area contributed by atoms with Crippen molar-refractivity contribution in [2.45, 2.75) is 30.6 Å². The Hall–Kier alpha value is -1.87. The predicted octanol–water partition coefficient (Wildman–Crippen LogP) is 2.30. The highest BCUT2D eigenvalue weighted by atomic mass is 35.5. The highest BCUT2D eigenvalue weighted by Gasteiger charge is 2.44. The van der Waals surface area contributed by atoms with Crippen molar-refractivity contribution in [1.29, 1.82) is 0 Å². The maximum atomic E-state index is 12.3. The number of amides is 1. The minimum absolute atomic E-state index is 0.203. The lowest BCUT2D eigenvalue weighted by Crippen LogP contribution is -2.46. The van der Waals surface area contributed by atoms with Gasteiger partial charge in [0.05, 0.1) is 17.1 Å². The molecular weight excluding hydrogens is 329 g/mol. The van der Waals surface area contributed by atoms with Crippen molar-refractivity contribution in [2.75, 3.05) is 0 Å². The van der Waals surface area contributed by atoms with Gasteiger partial charge in [0.15, 0.2) is 0 Å². The van der Waals surface area contributed by atoms with Crippen LogP contribution in [0.1, 0.15) is 18.6 Å². The second-order valence-corrected chi connectivity index (χ2v) is 4.93. The summed E-state index contributed by atoms with van der Waals surface area (Å²) in [4.78, 5) is 21.2. The summed E-state index contributed by atoms with van der Waals surface area (Å²) in [6.07, 6.45) is -6.24. The number of halogens is 4. The molecule has 1 rings (SSSR count). The zero-order chi connectivity index (χ0) is 17.1. The van der Waals surface area contributed by atoms with E-state index in [1.165, 1.54) is 19.1 Å². The largest absolute Gasteiger partial charge is 0.413 e. The molecule has 22 heavy (non-hydrogen) atoms. The molecule has 122 valence electrons. The third-order valence-corrected chi connectivity index (χ3v) is 3.25. The van der Waals surface area contributed by atoms with Gasteiger partial charge in [-0.05, 0) is 24.6 Å². The van der Waals surface area contributed by atoms with E-state index in [0.29, 0.717) is 0 Å². The van der Waals surface area contributed by atoms with Gasteiger partial charge in [0, 0.05) is 12.1 Å². The molecule has 1 aromatic rings. The molecule has 0 radical (unpaired) electrons. The first-order valence-corrected chi connectivity index (χ1v) is 6.41. The summed E-state index contributed by atoms with van der Waals surface area (Å²) in [7, 11) is 0. The van der Waals surface area contributed by atoms with E-state index in [-0.39, 0.29) is 11.3 Å². The van der Waals surface area contributed by atoms with Crippen LogP contribution in [0.3, 0.4) is 0 Å². The molecule has 6 nitrogen and oxygen atoms in total. The van der Waals surface area contributed by atoms with Crippen LogP contribution in [0.15, 0.2) is 24.3 Å². The fraction of sp³-hybridized carbons (Fsp3) is 0.417. The molecule has 1 amide bonds. The van der Waals surface area contributed by atoms with Crippen molar-refractivity contribution in [3.63, 3.8) is 0 Å². The van der Waals surface area contributed by atoms with E-state index >= 15 is 0 Å². The van der Waals surface area contributed by atoms with Crippen molar-refractivity contribution >= 4 is 23.2 Å². The predicted molar refractivity (Wildman–Crippen MR) is 71.4 cm³/mol. The molecule has 2 N–H and O–H groups in total. The molecule has 0 aliphatic heterocycles. The quantitative estimate of drug-likeness (QED) is 0.488. The molecule has 0 aliphatic carbocycles. The summed E-state index contributed by atoms with van der Waals surface area (Å²) >= 11 is 4.96. The standard InChI is InChI=1S/C12H12ClF3N2O4/c1-6(17-11(20)10(13)12(14,15)16)9(19)7-2-4-8(5-3-7)18(21)22/h2-6,9-10,19H,1H3,(H,17,20)/t6-,9?,10?/m1/s1. The zero-order valence-electron chi connectivity index (χ0n) is 11.2. The molecule has 0 heterocycles. The molecule has 0 fully saturated rings. The molecule has 2 unspecified atom stereocenters. The van der Waals surface area contributed by atoms with Crippen LogP contribution >= 0.6 is 11.6 Å². The molecule has 0 saturated heterocycles. The monoisotopic (exact) mass is 340 g/mol. The van der Waals surface area contributed by atoms with Crippen LogP contribution in [0.2, 0.25) is 0 Å². The lowest BCUT2D eigenvalue weighted by Gasteiger charge is -2.22. The van der Waals surface area contributed by atoms with Gasteiger partial charge < -0.3 is 10.4 Å². The number of hydrogen-bond donors (Lipinski definition) is 2. The maximum absolute atomic E-state index is 12.3. The number of alkyl halides is 4. The van der Waals surface area contributed by atoms with Gasteiger partial charge in [-0.3, -0.25) is 14.9 Å². The Kier molecular flexibility index (Phi) is 5.72. The molecule has 0 saturated carbocycles. The fourth-order valence-corrected chi connectivity index (χ4v) is 1.67. The minimum Gasteiger partial charge on any atom is -0.386 e. The third kappa shape index (κ3) is 4.57. The van der Waals surface area contributed by atoms with Crippen molar-refractivity contribution in [2.24, 2.45) is 0 Å². The van der Waals surface area contributed by atoms with Crippen molar-refractivity contribution in [3.8, 4) is 0 Å². The summed E-state index contributed by atoms with van der Waals surface area (Å²) in [6.45, 7) is 1.28. The molecule has 10 heteroatoms. The normalized spacial score (nSPS) is 15.7. The second kappa shape index (κ2) is 6.93.